The minimum atomic E-state index is -2.29. The van der Waals surface area contributed by atoms with E-state index >= 15 is 0 Å². The number of aliphatic hydroxyl groups excluding tert-OH is 23. The van der Waals surface area contributed by atoms with E-state index in [-0.39, 0.29) is 0 Å². The second-order valence-corrected chi connectivity index (χ2v) is 24.7. The molecular weight excluding hydrogens is 1350 g/mol. The van der Waals surface area contributed by atoms with Crippen LogP contribution in [-0.2, 0) is 85.4 Å². The Kier molecular flexibility index (Phi) is 28.9. The van der Waals surface area contributed by atoms with Crippen LogP contribution in [0, 0.1) is 0 Å². The van der Waals surface area contributed by atoms with Crippen molar-refractivity contribution in [1.29, 1.82) is 0 Å². The molecule has 3 amide bonds. The summed E-state index contributed by atoms with van der Waals surface area (Å²) in [6, 6.07) is -5.40. The van der Waals surface area contributed by atoms with Crippen LogP contribution in [0.15, 0.2) is 0 Å². The lowest BCUT2D eigenvalue weighted by Gasteiger charge is -2.51. The van der Waals surface area contributed by atoms with E-state index in [0.29, 0.717) is 0 Å². The standard InChI is InChI=1S/C54H91N3O41/c1-12(64)55-23-31(72)42(18(7-61)90-48(23)84-11-22-28(69)36(77)38(79)51(93-22)85-10-21-27(68)34(75)37(78)47(83)86-21)95-53-40(81)45(29(70)16(5-59)88-53)98-50-25(57-14(3)66)33(74)44(20(9-63)92-50)96-54-41(82)46(30(71)17(6-60)89-54)97-49-24(56-13(2)65)32(73)43(19(8-62)91-49)94-52-39(80)35(76)26(67)15(4-58)87-52/h15-54,58-63,67-83H,4-11H2,1-3H3,(H,55,64)(H,56,65)(H,57,66)/t15-,16-,17-,18-,19-,20-,21-,22-,23-,24-,25-,26+,27-,28-,29+,30+,31-,32+,33-,34+,35+,36+,37+,38+,39-,40-,41-,42-,43-,44-,45+,46+,47-,48-,49+,50+,51+,52+,53+,54+/m1/s1. The maximum atomic E-state index is 12.9. The summed E-state index contributed by atoms with van der Waals surface area (Å²) in [6.45, 7) is -4.88. The second-order valence-electron chi connectivity index (χ2n) is 24.7. The molecule has 8 aliphatic heterocycles. The molecule has 26 N–H and O–H groups in total. The van der Waals surface area contributed by atoms with Crippen LogP contribution in [0.5, 0.6) is 0 Å². The SMILES string of the molecule is CC(=O)N[C@H]1[C@H](OC[C@H]2O[C@H](OC[C@H]3O[C@@H](O)[C@@H](O)[C@@H](O)[C@@H]3O)[C@@H](O)[C@@H](O)[C@@H]2O)O[C@H](CO)[C@@H](O[C@@H]2O[C@H](CO)[C@H](O)[C@H](O[C@@H]3O[C@H](CO)[C@@H](O[C@@H]4O[C@H](CO)[C@H](O)[C@H](O[C@@H]5O[C@H](CO)[C@@H](O[C@@H]6O[C@H](CO)[C@H](O)[C@H](O)[C@H]6O)[C@@H](O)[C@H]5NC(C)=O)[C@H]4O)[C@H](O)[C@H]3NC(C)=O)[C@H]2O)[C@@H]1O. The Hall–Kier alpha value is -3.11. The van der Waals surface area contributed by atoms with Gasteiger partial charge in [-0.3, -0.25) is 14.4 Å². The summed E-state index contributed by atoms with van der Waals surface area (Å²) >= 11 is 0. The average Bonchev–Trinajstić information content (AvgIpc) is 0.771. The lowest BCUT2D eigenvalue weighted by molar-refractivity contribution is -0.386. The molecule has 8 aliphatic rings. The fourth-order valence-electron chi connectivity index (χ4n) is 12.5. The summed E-state index contributed by atoms with van der Waals surface area (Å²) in [5.41, 5.74) is 0. The van der Waals surface area contributed by atoms with Crippen LogP contribution in [0.25, 0.3) is 0 Å². The van der Waals surface area contributed by atoms with Gasteiger partial charge in [0.1, 0.15) is 195 Å². The Morgan fingerprint density at radius 1 is 0.265 bits per heavy atom. The first-order chi connectivity index (χ1) is 46.3. The number of carbonyl (C=O) groups excluding carboxylic acids is 3. The molecule has 0 aromatic heterocycles. The van der Waals surface area contributed by atoms with Crippen LogP contribution in [0.1, 0.15) is 20.8 Å². The zero-order chi connectivity index (χ0) is 72.2. The van der Waals surface area contributed by atoms with Gasteiger partial charge in [-0.2, -0.15) is 0 Å². The van der Waals surface area contributed by atoms with Crippen molar-refractivity contribution >= 4 is 17.7 Å². The lowest BCUT2D eigenvalue weighted by Crippen LogP contribution is -2.71. The second kappa shape index (κ2) is 35.1. The van der Waals surface area contributed by atoms with Crippen molar-refractivity contribution in [2.24, 2.45) is 0 Å². The van der Waals surface area contributed by atoms with Gasteiger partial charge >= 0.3 is 0 Å². The van der Waals surface area contributed by atoms with E-state index in [2.05, 4.69) is 16.0 Å². The van der Waals surface area contributed by atoms with E-state index in [1.165, 1.54) is 0 Å². The molecule has 568 valence electrons. The van der Waals surface area contributed by atoms with Gasteiger partial charge in [0.15, 0.2) is 50.3 Å². The summed E-state index contributed by atoms with van der Waals surface area (Å²) in [4.78, 5) is 38.1. The Morgan fingerprint density at radius 2 is 0.531 bits per heavy atom. The molecule has 0 radical (unpaired) electrons. The number of aliphatic hydroxyl groups is 23. The number of hydrogen-bond donors (Lipinski definition) is 26. The molecule has 0 unspecified atom stereocenters. The Balaban J connectivity index is 0.950. The highest BCUT2D eigenvalue weighted by Crippen LogP contribution is 2.38. The van der Waals surface area contributed by atoms with Crippen molar-refractivity contribution in [3.63, 3.8) is 0 Å². The van der Waals surface area contributed by atoms with Gasteiger partial charge in [-0.05, 0) is 0 Å². The number of hydrogen-bond acceptors (Lipinski definition) is 41. The Bertz CT molecular complexity index is 2510. The Morgan fingerprint density at radius 3 is 0.898 bits per heavy atom. The third-order valence-electron chi connectivity index (χ3n) is 17.8. The maximum Gasteiger partial charge on any atom is 0.217 e. The molecule has 40 atom stereocenters. The van der Waals surface area contributed by atoms with Crippen LogP contribution in [0.4, 0.5) is 0 Å². The highest BCUT2D eigenvalue weighted by atomic mass is 16.8. The van der Waals surface area contributed by atoms with Gasteiger partial charge in [-0.25, -0.2) is 0 Å². The Labute approximate surface area is 554 Å². The van der Waals surface area contributed by atoms with Crippen LogP contribution < -0.4 is 16.0 Å². The highest BCUT2D eigenvalue weighted by molar-refractivity contribution is 5.74. The van der Waals surface area contributed by atoms with E-state index in [9.17, 15) is 132 Å². The molecular formula is C54H91N3O41. The van der Waals surface area contributed by atoms with Crippen molar-refractivity contribution in [1.82, 2.24) is 16.0 Å². The molecule has 8 saturated heterocycles. The van der Waals surface area contributed by atoms with E-state index < -0.39 is 316 Å². The number of nitrogens with one attached hydrogen (secondary N) is 3. The smallest absolute Gasteiger partial charge is 0.217 e. The van der Waals surface area contributed by atoms with E-state index in [1.807, 2.05) is 0 Å². The third-order valence-corrected chi connectivity index (χ3v) is 17.8. The summed E-state index contributed by atoms with van der Waals surface area (Å²) in [5, 5.41) is 256. The topological polar surface area (TPSA) is 691 Å². The van der Waals surface area contributed by atoms with Crippen molar-refractivity contribution < 1.29 is 203 Å². The van der Waals surface area contributed by atoms with Crippen molar-refractivity contribution in [3.8, 4) is 0 Å². The van der Waals surface area contributed by atoms with Gasteiger partial charge in [-0.1, -0.05) is 0 Å². The first-order valence-corrected chi connectivity index (χ1v) is 31.1. The average molecular weight is 1440 g/mol. The van der Waals surface area contributed by atoms with Gasteiger partial charge in [0.05, 0.1) is 52.9 Å². The van der Waals surface area contributed by atoms with Crippen LogP contribution in [-0.4, -0.2) is 433 Å². The van der Waals surface area contributed by atoms with E-state index in [0.717, 1.165) is 20.8 Å². The predicted molar refractivity (Wildman–Crippen MR) is 299 cm³/mol. The van der Waals surface area contributed by atoms with Gasteiger partial charge < -0.3 is 204 Å². The molecule has 0 spiro atoms. The van der Waals surface area contributed by atoms with Crippen molar-refractivity contribution in [3.05, 3.63) is 0 Å². The molecule has 0 aromatic carbocycles. The minimum absolute atomic E-state index is 0.744. The van der Waals surface area contributed by atoms with E-state index in [4.69, 9.17) is 71.1 Å². The van der Waals surface area contributed by atoms with Gasteiger partial charge in [-0.15, -0.1) is 0 Å². The highest BCUT2D eigenvalue weighted by Gasteiger charge is 2.59. The quantitative estimate of drug-likeness (QED) is 0.0404. The zero-order valence-corrected chi connectivity index (χ0v) is 52.4. The van der Waals surface area contributed by atoms with Crippen LogP contribution in [0.2, 0.25) is 0 Å². The lowest BCUT2D eigenvalue weighted by atomic mass is 9.93. The minimum Gasteiger partial charge on any atom is -0.394 e. The summed E-state index contributed by atoms with van der Waals surface area (Å²) < 4.78 is 86.1. The molecule has 44 heteroatoms. The van der Waals surface area contributed by atoms with Gasteiger partial charge in [0.25, 0.3) is 0 Å². The number of amides is 3. The molecule has 8 fully saturated rings. The van der Waals surface area contributed by atoms with E-state index in [1.54, 1.807) is 0 Å². The van der Waals surface area contributed by atoms with Crippen LogP contribution in [0.3, 0.4) is 0 Å². The van der Waals surface area contributed by atoms with Crippen LogP contribution >= 0.6 is 0 Å². The molecule has 0 aromatic rings. The molecule has 0 bridgehead atoms. The fraction of sp³-hybridized carbons (Fsp3) is 0.944. The summed E-state index contributed by atoms with van der Waals surface area (Å²) in [7, 11) is 0. The fourth-order valence-corrected chi connectivity index (χ4v) is 12.5. The van der Waals surface area contributed by atoms with Gasteiger partial charge in [0.2, 0.25) is 17.7 Å². The normalized spacial score (nSPS) is 49.5. The van der Waals surface area contributed by atoms with Crippen molar-refractivity contribution in [2.45, 2.75) is 266 Å². The largest absolute Gasteiger partial charge is 0.394 e. The first-order valence-electron chi connectivity index (χ1n) is 31.1. The molecule has 0 aliphatic carbocycles. The van der Waals surface area contributed by atoms with Gasteiger partial charge in [0, 0.05) is 20.8 Å². The molecule has 44 nitrogen and oxygen atoms in total. The third kappa shape index (κ3) is 17.6. The predicted octanol–water partition coefficient (Wildman–Crippen LogP) is -18.0. The number of ether oxygens (including phenoxy) is 15. The number of rotatable bonds is 25. The summed E-state index contributed by atoms with van der Waals surface area (Å²) in [5.74, 6) is -2.63. The zero-order valence-electron chi connectivity index (χ0n) is 52.4. The maximum absolute atomic E-state index is 12.9. The summed E-state index contributed by atoms with van der Waals surface area (Å²) in [6.07, 6.45) is -71.7. The molecule has 8 heterocycles. The molecule has 0 saturated carbocycles. The van der Waals surface area contributed by atoms with Crippen molar-refractivity contribution in [2.75, 3.05) is 52.9 Å². The monoisotopic (exact) mass is 1440 g/mol. The molecule has 8 rings (SSSR count). The molecule has 98 heavy (non-hydrogen) atoms. The number of carbonyl (C=O) groups is 3. The first kappa shape index (κ1) is 80.6.